The lowest BCUT2D eigenvalue weighted by atomic mass is 9.98. The Morgan fingerprint density at radius 1 is 1.21 bits per heavy atom. The number of methoxy groups -OCH3 is 1. The van der Waals surface area contributed by atoms with Crippen molar-refractivity contribution in [3.8, 4) is 5.75 Å². The molecule has 1 fully saturated rings. The normalized spacial score (nSPS) is 21.1. The highest BCUT2D eigenvalue weighted by atomic mass is 16.5. The lowest BCUT2D eigenvalue weighted by Crippen LogP contribution is -2.49. The number of piperazine rings is 1. The summed E-state index contributed by atoms with van der Waals surface area (Å²) in [6.07, 6.45) is 0. The van der Waals surface area contributed by atoms with E-state index in [9.17, 15) is 0 Å². The molecule has 4 heteroatoms. The summed E-state index contributed by atoms with van der Waals surface area (Å²) in [5, 5.41) is 0. The third-order valence-corrected chi connectivity index (χ3v) is 3.86. The number of benzene rings is 1. The standard InChI is InChI=1S/C15H25N3O/c1-12(16)15(18-9-7-17(2)8-10-18)13-5-4-6-14(11-13)19-3/h4-6,11-12,15H,7-10,16H2,1-3H3. The summed E-state index contributed by atoms with van der Waals surface area (Å²) in [6.45, 7) is 6.43. The molecule has 0 radical (unpaired) electrons. The van der Waals surface area contributed by atoms with Gasteiger partial charge in [0.1, 0.15) is 5.75 Å². The van der Waals surface area contributed by atoms with Crippen molar-refractivity contribution in [1.29, 1.82) is 0 Å². The van der Waals surface area contributed by atoms with Gasteiger partial charge in [-0.25, -0.2) is 0 Å². The molecular formula is C15H25N3O. The Bertz CT molecular complexity index is 400. The first-order valence-electron chi connectivity index (χ1n) is 6.94. The van der Waals surface area contributed by atoms with Gasteiger partial charge in [0.2, 0.25) is 0 Å². The van der Waals surface area contributed by atoms with E-state index in [0.717, 1.165) is 31.9 Å². The Morgan fingerprint density at radius 3 is 2.47 bits per heavy atom. The zero-order valence-corrected chi connectivity index (χ0v) is 12.2. The maximum atomic E-state index is 6.23. The Balaban J connectivity index is 2.19. The molecule has 0 aromatic heterocycles. The quantitative estimate of drug-likeness (QED) is 0.890. The average Bonchev–Trinajstić information content (AvgIpc) is 2.41. The van der Waals surface area contributed by atoms with E-state index in [1.807, 2.05) is 12.1 Å². The van der Waals surface area contributed by atoms with Crippen molar-refractivity contribution in [3.63, 3.8) is 0 Å². The van der Waals surface area contributed by atoms with E-state index < -0.39 is 0 Å². The lowest BCUT2D eigenvalue weighted by Gasteiger charge is -2.40. The van der Waals surface area contributed by atoms with Gasteiger partial charge < -0.3 is 15.4 Å². The fourth-order valence-electron chi connectivity index (χ4n) is 2.77. The molecule has 1 heterocycles. The third kappa shape index (κ3) is 3.47. The van der Waals surface area contributed by atoms with Gasteiger partial charge in [0.05, 0.1) is 7.11 Å². The van der Waals surface area contributed by atoms with Crippen LogP contribution in [0.5, 0.6) is 5.75 Å². The molecule has 0 saturated carbocycles. The van der Waals surface area contributed by atoms with Crippen molar-refractivity contribution in [2.75, 3.05) is 40.3 Å². The molecule has 106 valence electrons. The monoisotopic (exact) mass is 263 g/mol. The zero-order chi connectivity index (χ0) is 13.8. The zero-order valence-electron chi connectivity index (χ0n) is 12.2. The molecule has 2 atom stereocenters. The molecule has 2 N–H and O–H groups in total. The van der Waals surface area contributed by atoms with Crippen molar-refractivity contribution in [1.82, 2.24) is 9.80 Å². The number of ether oxygens (including phenoxy) is 1. The lowest BCUT2D eigenvalue weighted by molar-refractivity contribution is 0.101. The van der Waals surface area contributed by atoms with Crippen LogP contribution < -0.4 is 10.5 Å². The van der Waals surface area contributed by atoms with Crippen LogP contribution in [0, 0.1) is 0 Å². The number of nitrogens with zero attached hydrogens (tertiary/aromatic N) is 2. The predicted octanol–water partition coefficient (Wildman–Crippen LogP) is 1.33. The predicted molar refractivity (Wildman–Crippen MR) is 78.5 cm³/mol. The van der Waals surface area contributed by atoms with Crippen molar-refractivity contribution < 1.29 is 4.74 Å². The smallest absolute Gasteiger partial charge is 0.119 e. The summed E-state index contributed by atoms with van der Waals surface area (Å²) in [5.41, 5.74) is 7.48. The minimum Gasteiger partial charge on any atom is -0.497 e. The minimum atomic E-state index is 0.107. The summed E-state index contributed by atoms with van der Waals surface area (Å²) in [7, 11) is 3.87. The molecule has 2 unspecified atom stereocenters. The van der Waals surface area contributed by atoms with E-state index in [-0.39, 0.29) is 12.1 Å². The van der Waals surface area contributed by atoms with Crippen LogP contribution in [0.4, 0.5) is 0 Å². The molecule has 19 heavy (non-hydrogen) atoms. The van der Waals surface area contributed by atoms with Crippen molar-refractivity contribution in [3.05, 3.63) is 29.8 Å². The topological polar surface area (TPSA) is 41.7 Å². The van der Waals surface area contributed by atoms with Crippen LogP contribution >= 0.6 is 0 Å². The van der Waals surface area contributed by atoms with E-state index in [2.05, 4.69) is 35.9 Å². The molecule has 0 amide bonds. The highest BCUT2D eigenvalue weighted by Crippen LogP contribution is 2.27. The van der Waals surface area contributed by atoms with Gasteiger partial charge in [-0.1, -0.05) is 12.1 Å². The van der Waals surface area contributed by atoms with Crippen LogP contribution in [0.3, 0.4) is 0 Å². The van der Waals surface area contributed by atoms with Gasteiger partial charge >= 0.3 is 0 Å². The molecular weight excluding hydrogens is 238 g/mol. The number of nitrogens with two attached hydrogens (primary N) is 1. The van der Waals surface area contributed by atoms with E-state index in [1.165, 1.54) is 5.56 Å². The first-order chi connectivity index (χ1) is 9.11. The fraction of sp³-hybridized carbons (Fsp3) is 0.600. The number of likely N-dealkylation sites (N-methyl/N-ethyl adjacent to an activating group) is 1. The van der Waals surface area contributed by atoms with E-state index in [1.54, 1.807) is 7.11 Å². The third-order valence-electron chi connectivity index (χ3n) is 3.86. The second kappa shape index (κ2) is 6.37. The van der Waals surface area contributed by atoms with Crippen LogP contribution in [0.2, 0.25) is 0 Å². The molecule has 1 aliphatic heterocycles. The second-order valence-corrected chi connectivity index (χ2v) is 5.42. The average molecular weight is 263 g/mol. The Labute approximate surface area is 116 Å². The van der Waals surface area contributed by atoms with E-state index in [0.29, 0.717) is 0 Å². The van der Waals surface area contributed by atoms with Gasteiger partial charge in [-0.05, 0) is 31.7 Å². The van der Waals surface area contributed by atoms with Gasteiger partial charge in [0.15, 0.2) is 0 Å². The van der Waals surface area contributed by atoms with Gasteiger partial charge in [-0.15, -0.1) is 0 Å². The largest absolute Gasteiger partial charge is 0.497 e. The molecule has 0 bridgehead atoms. The molecule has 2 rings (SSSR count). The molecule has 0 aliphatic carbocycles. The van der Waals surface area contributed by atoms with Crippen LogP contribution in [0.25, 0.3) is 0 Å². The highest BCUT2D eigenvalue weighted by Gasteiger charge is 2.26. The van der Waals surface area contributed by atoms with Crippen LogP contribution in [-0.4, -0.2) is 56.2 Å². The molecule has 1 aromatic rings. The second-order valence-electron chi connectivity index (χ2n) is 5.42. The van der Waals surface area contributed by atoms with Crippen LogP contribution in [0.15, 0.2) is 24.3 Å². The molecule has 1 aliphatic rings. The van der Waals surface area contributed by atoms with Gasteiger partial charge in [-0.3, -0.25) is 4.90 Å². The van der Waals surface area contributed by atoms with Gasteiger partial charge in [0.25, 0.3) is 0 Å². The summed E-state index contributed by atoms with van der Waals surface area (Å²) in [4.78, 5) is 4.85. The Hall–Kier alpha value is -1.10. The molecule has 1 saturated heterocycles. The summed E-state index contributed by atoms with van der Waals surface area (Å²) in [5.74, 6) is 0.900. The van der Waals surface area contributed by atoms with Crippen LogP contribution in [0.1, 0.15) is 18.5 Å². The highest BCUT2D eigenvalue weighted by molar-refractivity contribution is 5.31. The van der Waals surface area contributed by atoms with Crippen molar-refractivity contribution in [2.24, 2.45) is 5.73 Å². The first-order valence-corrected chi connectivity index (χ1v) is 6.94. The van der Waals surface area contributed by atoms with Crippen molar-refractivity contribution >= 4 is 0 Å². The minimum absolute atomic E-state index is 0.107. The van der Waals surface area contributed by atoms with Crippen molar-refractivity contribution in [2.45, 2.75) is 19.0 Å². The maximum absolute atomic E-state index is 6.23. The number of hydrogen-bond acceptors (Lipinski definition) is 4. The summed E-state index contributed by atoms with van der Waals surface area (Å²) >= 11 is 0. The van der Waals surface area contributed by atoms with Gasteiger partial charge in [0, 0.05) is 38.3 Å². The SMILES string of the molecule is COc1cccc(C(C(C)N)N2CCN(C)CC2)c1. The summed E-state index contributed by atoms with van der Waals surface area (Å²) < 4.78 is 5.32. The summed E-state index contributed by atoms with van der Waals surface area (Å²) in [6, 6.07) is 8.64. The number of hydrogen-bond donors (Lipinski definition) is 1. The maximum Gasteiger partial charge on any atom is 0.119 e. The fourth-order valence-corrected chi connectivity index (χ4v) is 2.77. The molecule has 0 spiro atoms. The molecule has 1 aromatic carbocycles. The first kappa shape index (κ1) is 14.3. The number of rotatable bonds is 4. The van der Waals surface area contributed by atoms with Crippen LogP contribution in [-0.2, 0) is 0 Å². The molecule has 4 nitrogen and oxygen atoms in total. The Kier molecular flexibility index (Phi) is 4.80. The Morgan fingerprint density at radius 2 is 1.89 bits per heavy atom. The van der Waals surface area contributed by atoms with E-state index in [4.69, 9.17) is 10.5 Å². The van der Waals surface area contributed by atoms with E-state index >= 15 is 0 Å². The van der Waals surface area contributed by atoms with Gasteiger partial charge in [-0.2, -0.15) is 0 Å².